The molecule has 2 heterocycles. The molecule has 1 saturated heterocycles. The topological polar surface area (TPSA) is 95.1 Å². The SMILES string of the molecule is CCc1ccc(Cc2cn([C@@H]3O[C@H](CO)[C@@H](O)[C@H](O)[C@H]3O)c3cc(C)cc(F)c23)cc1. The number of aliphatic hydroxyl groups is 4. The summed E-state index contributed by atoms with van der Waals surface area (Å²) in [5.74, 6) is -0.376. The number of hydrogen-bond donors (Lipinski definition) is 4. The first kappa shape index (κ1) is 21.9. The number of fused-ring (bicyclic) bond motifs is 1. The van der Waals surface area contributed by atoms with Gasteiger partial charge in [0.25, 0.3) is 0 Å². The van der Waals surface area contributed by atoms with Gasteiger partial charge in [-0.05, 0) is 54.2 Å². The first-order chi connectivity index (χ1) is 14.8. The van der Waals surface area contributed by atoms with Gasteiger partial charge in [-0.3, -0.25) is 0 Å². The van der Waals surface area contributed by atoms with Gasteiger partial charge in [0, 0.05) is 11.6 Å². The van der Waals surface area contributed by atoms with Crippen LogP contribution in [0.15, 0.2) is 42.6 Å². The molecular formula is C24H28FNO5. The second kappa shape index (κ2) is 8.68. The van der Waals surface area contributed by atoms with Gasteiger partial charge in [0.2, 0.25) is 0 Å². The number of nitrogens with zero attached hydrogens (tertiary/aromatic N) is 1. The van der Waals surface area contributed by atoms with Crippen molar-refractivity contribution in [2.24, 2.45) is 0 Å². The summed E-state index contributed by atoms with van der Waals surface area (Å²) in [5.41, 5.74) is 4.17. The van der Waals surface area contributed by atoms with E-state index in [-0.39, 0.29) is 5.82 Å². The minimum Gasteiger partial charge on any atom is -0.394 e. The number of rotatable bonds is 5. The third-order valence-corrected chi connectivity index (χ3v) is 6.07. The van der Waals surface area contributed by atoms with Crippen molar-refractivity contribution in [1.82, 2.24) is 4.57 Å². The Bertz CT molecular complexity index is 1060. The molecule has 3 aromatic rings. The molecule has 7 heteroatoms. The fraction of sp³-hybridized carbons (Fsp3) is 0.417. The molecule has 0 aliphatic carbocycles. The standard InChI is InChI=1S/C24H28FNO5/c1-3-14-4-6-15(7-5-14)10-16-11-26(18-9-13(2)8-17(25)20(16)18)24-23(30)22(29)21(28)19(12-27)31-24/h4-9,11,19,21-24,27-30H,3,10,12H2,1-2H3/t19-,21-,22+,23-,24-/m1/s1. The number of hydrogen-bond acceptors (Lipinski definition) is 5. The van der Waals surface area contributed by atoms with E-state index in [1.54, 1.807) is 23.8 Å². The van der Waals surface area contributed by atoms with Crippen molar-refractivity contribution in [2.45, 2.75) is 57.3 Å². The van der Waals surface area contributed by atoms with Gasteiger partial charge >= 0.3 is 0 Å². The van der Waals surface area contributed by atoms with Crippen LogP contribution in [0.4, 0.5) is 4.39 Å². The lowest BCUT2D eigenvalue weighted by atomic mass is 9.98. The first-order valence-corrected chi connectivity index (χ1v) is 10.5. The highest BCUT2D eigenvalue weighted by Crippen LogP contribution is 2.35. The molecular weight excluding hydrogens is 401 g/mol. The second-order valence-corrected chi connectivity index (χ2v) is 8.27. The molecule has 0 amide bonds. The monoisotopic (exact) mass is 429 g/mol. The van der Waals surface area contributed by atoms with Gasteiger partial charge < -0.3 is 29.7 Å². The average molecular weight is 429 g/mol. The molecule has 0 radical (unpaired) electrons. The normalized spacial score (nSPS) is 26.5. The fourth-order valence-electron chi connectivity index (χ4n) is 4.32. The lowest BCUT2D eigenvalue weighted by molar-refractivity contribution is -0.250. The van der Waals surface area contributed by atoms with Gasteiger partial charge in [-0.2, -0.15) is 0 Å². The van der Waals surface area contributed by atoms with Crippen LogP contribution in [-0.4, -0.2) is 56.0 Å². The van der Waals surface area contributed by atoms with Crippen LogP contribution in [0.1, 0.15) is 35.4 Å². The molecule has 4 N–H and O–H groups in total. The Hall–Kier alpha value is -2.29. The molecule has 0 unspecified atom stereocenters. The van der Waals surface area contributed by atoms with Crippen molar-refractivity contribution in [3.8, 4) is 0 Å². The Balaban J connectivity index is 1.80. The fourth-order valence-corrected chi connectivity index (χ4v) is 4.32. The van der Waals surface area contributed by atoms with Crippen molar-refractivity contribution in [2.75, 3.05) is 6.61 Å². The van der Waals surface area contributed by atoms with Gasteiger partial charge in [-0.25, -0.2) is 4.39 Å². The third-order valence-electron chi connectivity index (χ3n) is 6.07. The number of benzene rings is 2. The van der Waals surface area contributed by atoms with Gasteiger partial charge in [0.05, 0.1) is 12.1 Å². The van der Waals surface area contributed by atoms with Crippen LogP contribution < -0.4 is 0 Å². The van der Waals surface area contributed by atoms with E-state index in [2.05, 4.69) is 6.92 Å². The van der Waals surface area contributed by atoms with Crippen LogP contribution in [0.5, 0.6) is 0 Å². The van der Waals surface area contributed by atoms with E-state index in [9.17, 15) is 20.4 Å². The van der Waals surface area contributed by atoms with Crippen LogP contribution >= 0.6 is 0 Å². The molecule has 0 saturated carbocycles. The van der Waals surface area contributed by atoms with Gasteiger partial charge in [-0.1, -0.05) is 31.2 Å². The molecule has 1 aliphatic heterocycles. The summed E-state index contributed by atoms with van der Waals surface area (Å²) >= 11 is 0. The molecule has 2 aromatic carbocycles. The van der Waals surface area contributed by atoms with Crippen LogP contribution in [-0.2, 0) is 17.6 Å². The highest BCUT2D eigenvalue weighted by atomic mass is 19.1. The van der Waals surface area contributed by atoms with Crippen LogP contribution in [0.25, 0.3) is 10.9 Å². The van der Waals surface area contributed by atoms with Gasteiger partial charge in [0.15, 0.2) is 6.23 Å². The molecule has 0 bridgehead atoms. The molecule has 166 valence electrons. The van der Waals surface area contributed by atoms with Crippen molar-refractivity contribution in [1.29, 1.82) is 0 Å². The van der Waals surface area contributed by atoms with E-state index in [4.69, 9.17) is 4.74 Å². The minimum atomic E-state index is -1.51. The second-order valence-electron chi connectivity index (χ2n) is 8.27. The number of aromatic nitrogens is 1. The third kappa shape index (κ3) is 4.00. The molecule has 1 aliphatic rings. The Labute approximate surface area is 180 Å². The van der Waals surface area contributed by atoms with Crippen molar-refractivity contribution in [3.63, 3.8) is 0 Å². The average Bonchev–Trinajstić information content (AvgIpc) is 3.11. The summed E-state index contributed by atoms with van der Waals surface area (Å²) in [4.78, 5) is 0. The number of aliphatic hydroxyl groups excluding tert-OH is 4. The van der Waals surface area contributed by atoms with Crippen molar-refractivity contribution >= 4 is 10.9 Å². The van der Waals surface area contributed by atoms with E-state index >= 15 is 4.39 Å². The highest BCUT2D eigenvalue weighted by molar-refractivity contribution is 5.86. The summed E-state index contributed by atoms with van der Waals surface area (Å²) in [5, 5.41) is 40.9. The summed E-state index contributed by atoms with van der Waals surface area (Å²) in [6.07, 6.45) is -3.41. The van der Waals surface area contributed by atoms with Crippen molar-refractivity contribution < 1.29 is 29.6 Å². The predicted molar refractivity (Wildman–Crippen MR) is 114 cm³/mol. The van der Waals surface area contributed by atoms with E-state index in [1.165, 1.54) is 11.6 Å². The maximum Gasteiger partial charge on any atom is 0.163 e. The minimum absolute atomic E-state index is 0.376. The molecule has 6 nitrogen and oxygen atoms in total. The largest absolute Gasteiger partial charge is 0.394 e. The summed E-state index contributed by atoms with van der Waals surface area (Å²) in [7, 11) is 0. The number of ether oxygens (including phenoxy) is 1. The molecule has 1 aromatic heterocycles. The maximum absolute atomic E-state index is 15.0. The van der Waals surface area contributed by atoms with Gasteiger partial charge in [-0.15, -0.1) is 0 Å². The lowest BCUT2D eigenvalue weighted by Crippen LogP contribution is -2.56. The Morgan fingerprint density at radius 2 is 1.68 bits per heavy atom. The first-order valence-electron chi connectivity index (χ1n) is 10.5. The zero-order chi connectivity index (χ0) is 22.3. The molecule has 5 atom stereocenters. The van der Waals surface area contributed by atoms with E-state index < -0.39 is 37.3 Å². The van der Waals surface area contributed by atoms with Crippen LogP contribution in [0, 0.1) is 12.7 Å². The number of halogens is 1. The zero-order valence-corrected chi connectivity index (χ0v) is 17.6. The van der Waals surface area contributed by atoms with E-state index in [1.807, 2.05) is 24.3 Å². The zero-order valence-electron chi connectivity index (χ0n) is 17.6. The van der Waals surface area contributed by atoms with E-state index in [0.717, 1.165) is 12.0 Å². The summed E-state index contributed by atoms with van der Waals surface area (Å²) in [6.45, 7) is 3.34. The highest BCUT2D eigenvalue weighted by Gasteiger charge is 2.44. The summed E-state index contributed by atoms with van der Waals surface area (Å²) < 4.78 is 22.4. The van der Waals surface area contributed by atoms with Crippen LogP contribution in [0.3, 0.4) is 0 Å². The predicted octanol–water partition coefficient (Wildman–Crippen LogP) is 2.21. The molecule has 1 fully saturated rings. The Morgan fingerprint density at radius 1 is 1.00 bits per heavy atom. The van der Waals surface area contributed by atoms with Crippen LogP contribution in [0.2, 0.25) is 0 Å². The molecule has 31 heavy (non-hydrogen) atoms. The van der Waals surface area contributed by atoms with Gasteiger partial charge in [0.1, 0.15) is 30.2 Å². The van der Waals surface area contributed by atoms with Crippen molar-refractivity contribution in [3.05, 3.63) is 70.7 Å². The smallest absolute Gasteiger partial charge is 0.163 e. The molecule has 4 rings (SSSR count). The number of aryl methyl sites for hydroxylation is 2. The summed E-state index contributed by atoms with van der Waals surface area (Å²) in [6, 6.07) is 11.4. The quantitative estimate of drug-likeness (QED) is 0.499. The van der Waals surface area contributed by atoms with E-state index in [0.29, 0.717) is 28.5 Å². The molecule has 0 spiro atoms. The maximum atomic E-state index is 15.0. The lowest BCUT2D eigenvalue weighted by Gasteiger charge is -2.40. The Morgan fingerprint density at radius 3 is 2.32 bits per heavy atom. The Kier molecular flexibility index (Phi) is 6.14.